The van der Waals surface area contributed by atoms with Crippen molar-refractivity contribution in [3.05, 3.63) is 34.9 Å². The van der Waals surface area contributed by atoms with Crippen molar-refractivity contribution in [1.82, 2.24) is 10.6 Å². The Morgan fingerprint density at radius 3 is 2.71 bits per heavy atom. The van der Waals surface area contributed by atoms with Crippen LogP contribution in [0.5, 0.6) is 0 Å². The SMILES string of the molecule is O=C(O)[C@@H]1CC[C@H](C(=O)NCc2ccc3c(c2)CNC3)C1. The predicted octanol–water partition coefficient (Wildman–Crippen LogP) is 1.41. The van der Waals surface area contributed by atoms with Crippen LogP contribution in [0.25, 0.3) is 0 Å². The number of fused-ring (bicyclic) bond motifs is 1. The summed E-state index contributed by atoms with van der Waals surface area (Å²) in [7, 11) is 0. The van der Waals surface area contributed by atoms with Crippen LogP contribution in [0, 0.1) is 11.8 Å². The second-order valence-corrected chi connectivity index (χ2v) is 5.97. The first-order chi connectivity index (χ1) is 10.1. The van der Waals surface area contributed by atoms with E-state index in [1.807, 2.05) is 6.07 Å². The summed E-state index contributed by atoms with van der Waals surface area (Å²) in [6, 6.07) is 6.28. The van der Waals surface area contributed by atoms with Gasteiger partial charge >= 0.3 is 5.97 Å². The van der Waals surface area contributed by atoms with E-state index in [0.717, 1.165) is 18.7 Å². The number of aliphatic carboxylic acids is 1. The molecule has 0 spiro atoms. The van der Waals surface area contributed by atoms with Gasteiger partial charge in [0.2, 0.25) is 5.91 Å². The predicted molar refractivity (Wildman–Crippen MR) is 77.3 cm³/mol. The van der Waals surface area contributed by atoms with Gasteiger partial charge in [-0.2, -0.15) is 0 Å². The van der Waals surface area contributed by atoms with E-state index < -0.39 is 5.97 Å². The number of amides is 1. The average Bonchev–Trinajstić information content (AvgIpc) is 3.12. The summed E-state index contributed by atoms with van der Waals surface area (Å²) in [5.41, 5.74) is 3.72. The molecule has 2 atom stereocenters. The van der Waals surface area contributed by atoms with Crippen molar-refractivity contribution in [3.8, 4) is 0 Å². The van der Waals surface area contributed by atoms with E-state index in [-0.39, 0.29) is 17.7 Å². The molecule has 0 radical (unpaired) electrons. The lowest BCUT2D eigenvalue weighted by Crippen LogP contribution is -2.29. The molecular weight excluding hydrogens is 268 g/mol. The molecule has 5 nitrogen and oxygen atoms in total. The molecule has 0 unspecified atom stereocenters. The van der Waals surface area contributed by atoms with Crippen molar-refractivity contribution in [2.45, 2.75) is 38.9 Å². The monoisotopic (exact) mass is 288 g/mol. The number of carbonyl (C=O) groups is 2. The molecule has 1 aliphatic heterocycles. The second-order valence-electron chi connectivity index (χ2n) is 5.97. The summed E-state index contributed by atoms with van der Waals surface area (Å²) in [5, 5.41) is 15.2. The lowest BCUT2D eigenvalue weighted by atomic mass is 10.0. The standard InChI is InChI=1S/C16H20N2O3/c19-15(11-3-4-12(6-11)16(20)21)18-7-10-1-2-13-8-17-9-14(13)5-10/h1-2,5,11-12,17H,3-4,6-9H2,(H,18,19)(H,20,21)/t11-,12+/m0/s1. The molecule has 1 heterocycles. The molecule has 21 heavy (non-hydrogen) atoms. The first kappa shape index (κ1) is 14.1. The van der Waals surface area contributed by atoms with E-state index in [0.29, 0.717) is 25.8 Å². The molecule has 112 valence electrons. The minimum Gasteiger partial charge on any atom is -0.481 e. The van der Waals surface area contributed by atoms with E-state index in [1.165, 1.54) is 11.1 Å². The molecule has 0 aromatic heterocycles. The molecule has 0 bridgehead atoms. The first-order valence-electron chi connectivity index (χ1n) is 7.45. The van der Waals surface area contributed by atoms with Crippen LogP contribution in [-0.4, -0.2) is 17.0 Å². The third-order valence-corrected chi connectivity index (χ3v) is 4.52. The maximum Gasteiger partial charge on any atom is 0.306 e. The van der Waals surface area contributed by atoms with Crippen LogP contribution >= 0.6 is 0 Å². The Morgan fingerprint density at radius 1 is 1.19 bits per heavy atom. The Kier molecular flexibility index (Phi) is 3.92. The summed E-state index contributed by atoms with van der Waals surface area (Å²) in [5.74, 6) is -1.30. The van der Waals surface area contributed by atoms with Gasteiger partial charge in [-0.3, -0.25) is 9.59 Å². The quantitative estimate of drug-likeness (QED) is 0.782. The van der Waals surface area contributed by atoms with Gasteiger partial charge in [0, 0.05) is 25.6 Å². The van der Waals surface area contributed by atoms with Crippen LogP contribution in [-0.2, 0) is 29.2 Å². The van der Waals surface area contributed by atoms with Gasteiger partial charge in [-0.05, 0) is 36.0 Å². The topological polar surface area (TPSA) is 78.4 Å². The summed E-state index contributed by atoms with van der Waals surface area (Å²) < 4.78 is 0. The first-order valence-corrected chi connectivity index (χ1v) is 7.45. The molecular formula is C16H20N2O3. The van der Waals surface area contributed by atoms with Crippen LogP contribution in [0.15, 0.2) is 18.2 Å². The Bertz CT molecular complexity index is 571. The molecule has 1 aliphatic carbocycles. The van der Waals surface area contributed by atoms with Crippen LogP contribution < -0.4 is 10.6 Å². The highest BCUT2D eigenvalue weighted by molar-refractivity contribution is 5.80. The van der Waals surface area contributed by atoms with Crippen LogP contribution in [0.3, 0.4) is 0 Å². The van der Waals surface area contributed by atoms with Gasteiger partial charge < -0.3 is 15.7 Å². The number of nitrogens with one attached hydrogen (secondary N) is 2. The van der Waals surface area contributed by atoms with Crippen molar-refractivity contribution in [1.29, 1.82) is 0 Å². The molecule has 3 N–H and O–H groups in total. The lowest BCUT2D eigenvalue weighted by Gasteiger charge is -2.11. The average molecular weight is 288 g/mol. The maximum atomic E-state index is 12.1. The van der Waals surface area contributed by atoms with Gasteiger partial charge in [0.05, 0.1) is 5.92 Å². The normalized spacial score (nSPS) is 23.8. The molecule has 1 saturated carbocycles. The minimum atomic E-state index is -0.781. The number of benzene rings is 1. The third kappa shape index (κ3) is 3.08. The van der Waals surface area contributed by atoms with Gasteiger partial charge in [0.1, 0.15) is 0 Å². The van der Waals surface area contributed by atoms with E-state index >= 15 is 0 Å². The van der Waals surface area contributed by atoms with E-state index in [1.54, 1.807) is 0 Å². The van der Waals surface area contributed by atoms with Crippen molar-refractivity contribution >= 4 is 11.9 Å². The minimum absolute atomic E-state index is 0.0163. The van der Waals surface area contributed by atoms with Crippen LogP contribution in [0.2, 0.25) is 0 Å². The van der Waals surface area contributed by atoms with Gasteiger partial charge in [-0.25, -0.2) is 0 Å². The van der Waals surface area contributed by atoms with Crippen molar-refractivity contribution in [3.63, 3.8) is 0 Å². The third-order valence-electron chi connectivity index (χ3n) is 4.52. The van der Waals surface area contributed by atoms with Gasteiger partial charge in [0.15, 0.2) is 0 Å². The Balaban J connectivity index is 1.53. The summed E-state index contributed by atoms with van der Waals surface area (Å²) in [6.45, 7) is 2.32. The molecule has 3 rings (SSSR count). The molecule has 2 aliphatic rings. The Hall–Kier alpha value is -1.88. The molecule has 1 amide bonds. The smallest absolute Gasteiger partial charge is 0.306 e. The number of carboxylic acid groups (broad SMARTS) is 1. The van der Waals surface area contributed by atoms with Crippen LogP contribution in [0.4, 0.5) is 0 Å². The van der Waals surface area contributed by atoms with Gasteiger partial charge in [0.25, 0.3) is 0 Å². The van der Waals surface area contributed by atoms with Gasteiger partial charge in [-0.1, -0.05) is 18.2 Å². The molecule has 1 aromatic rings. The van der Waals surface area contributed by atoms with Crippen molar-refractivity contribution in [2.24, 2.45) is 11.8 Å². The van der Waals surface area contributed by atoms with Crippen molar-refractivity contribution < 1.29 is 14.7 Å². The zero-order chi connectivity index (χ0) is 14.8. The highest BCUT2D eigenvalue weighted by Crippen LogP contribution is 2.31. The van der Waals surface area contributed by atoms with E-state index in [9.17, 15) is 9.59 Å². The zero-order valence-corrected chi connectivity index (χ0v) is 11.9. The van der Waals surface area contributed by atoms with Gasteiger partial charge in [-0.15, -0.1) is 0 Å². The highest BCUT2D eigenvalue weighted by Gasteiger charge is 2.33. The fraction of sp³-hybridized carbons (Fsp3) is 0.500. The number of hydrogen-bond donors (Lipinski definition) is 3. The number of hydrogen-bond acceptors (Lipinski definition) is 3. The molecule has 5 heteroatoms. The second kappa shape index (κ2) is 5.85. The summed E-state index contributed by atoms with van der Waals surface area (Å²) in [6.07, 6.45) is 1.75. The maximum absolute atomic E-state index is 12.1. The van der Waals surface area contributed by atoms with Crippen LogP contribution in [0.1, 0.15) is 36.0 Å². The fourth-order valence-corrected chi connectivity index (χ4v) is 3.24. The number of carbonyl (C=O) groups excluding carboxylic acids is 1. The largest absolute Gasteiger partial charge is 0.481 e. The highest BCUT2D eigenvalue weighted by atomic mass is 16.4. The zero-order valence-electron chi connectivity index (χ0n) is 11.9. The van der Waals surface area contributed by atoms with E-state index in [4.69, 9.17) is 5.11 Å². The summed E-state index contributed by atoms with van der Waals surface area (Å²) in [4.78, 5) is 23.0. The number of rotatable bonds is 4. The Morgan fingerprint density at radius 2 is 1.95 bits per heavy atom. The van der Waals surface area contributed by atoms with E-state index in [2.05, 4.69) is 22.8 Å². The fourth-order valence-electron chi connectivity index (χ4n) is 3.24. The Labute approximate surface area is 123 Å². The molecule has 0 saturated heterocycles. The summed E-state index contributed by atoms with van der Waals surface area (Å²) >= 11 is 0. The molecule has 1 aromatic carbocycles. The molecule has 1 fully saturated rings. The lowest BCUT2D eigenvalue weighted by molar-refractivity contribution is -0.141. The number of carboxylic acids is 1. The van der Waals surface area contributed by atoms with Crippen molar-refractivity contribution in [2.75, 3.05) is 0 Å².